The van der Waals surface area contributed by atoms with Crippen LogP contribution >= 0.6 is 0 Å². The van der Waals surface area contributed by atoms with Crippen LogP contribution in [-0.4, -0.2) is 60.5 Å². The van der Waals surface area contributed by atoms with Gasteiger partial charge >= 0.3 is 0 Å². The number of hydrogen-bond acceptors (Lipinski definition) is 3. The molecule has 0 aromatic rings. The van der Waals surface area contributed by atoms with Crippen molar-refractivity contribution in [2.24, 2.45) is 0 Å². The van der Waals surface area contributed by atoms with E-state index >= 15 is 0 Å². The topological polar surface area (TPSA) is 35.6 Å². The predicted octanol–water partition coefficient (Wildman–Crippen LogP) is 1.56. The lowest BCUT2D eigenvalue weighted by atomic mass is 10.00. The maximum absolute atomic E-state index is 12.1. The lowest BCUT2D eigenvalue weighted by Crippen LogP contribution is -2.60. The van der Waals surface area contributed by atoms with Gasteiger partial charge in [-0.2, -0.15) is 0 Å². The molecule has 1 aliphatic heterocycles. The van der Waals surface area contributed by atoms with Crippen LogP contribution in [-0.2, 0) is 4.79 Å². The maximum atomic E-state index is 12.1. The van der Waals surface area contributed by atoms with Gasteiger partial charge in [0.15, 0.2) is 0 Å². The average molecular weight is 257 g/mol. The second-order valence-electron chi connectivity index (χ2n) is 5.48. The maximum Gasteiger partial charge on any atom is 0.240 e. The third-order valence-corrected chi connectivity index (χ3v) is 3.27. The zero-order valence-corrected chi connectivity index (χ0v) is 13.2. The van der Waals surface area contributed by atoms with Crippen molar-refractivity contribution in [3.63, 3.8) is 0 Å². The first-order valence-electron chi connectivity index (χ1n) is 7.08. The molecular weight excluding hydrogens is 226 g/mol. The summed E-state index contributed by atoms with van der Waals surface area (Å²) in [6.07, 6.45) is 0. The minimum Gasteiger partial charge on any atom is -0.352 e. The number of carbonyl (C=O) groups excluding carboxylic acids is 1. The first kappa shape index (κ1) is 17.4. The highest BCUT2D eigenvalue weighted by molar-refractivity contribution is 5.85. The van der Waals surface area contributed by atoms with Crippen molar-refractivity contribution in [2.45, 2.75) is 53.1 Å². The fourth-order valence-electron chi connectivity index (χ4n) is 1.95. The summed E-state index contributed by atoms with van der Waals surface area (Å²) >= 11 is 0. The highest BCUT2D eigenvalue weighted by Gasteiger charge is 2.35. The minimum absolute atomic E-state index is 0.132. The molecule has 1 saturated heterocycles. The molecule has 0 atom stereocenters. The van der Waals surface area contributed by atoms with E-state index in [4.69, 9.17) is 0 Å². The molecule has 0 spiro atoms. The molecule has 18 heavy (non-hydrogen) atoms. The smallest absolute Gasteiger partial charge is 0.240 e. The zero-order valence-electron chi connectivity index (χ0n) is 13.2. The number of rotatable bonds is 3. The molecule has 1 fully saturated rings. The van der Waals surface area contributed by atoms with Gasteiger partial charge in [0.25, 0.3) is 0 Å². The fraction of sp³-hybridized carbons (Fsp3) is 0.929. The largest absolute Gasteiger partial charge is 0.352 e. The Morgan fingerprint density at radius 3 is 1.94 bits per heavy atom. The van der Waals surface area contributed by atoms with Crippen molar-refractivity contribution in [2.75, 3.05) is 33.2 Å². The molecule has 0 unspecified atom stereocenters. The molecule has 0 bridgehead atoms. The molecule has 0 saturated carbocycles. The van der Waals surface area contributed by atoms with Gasteiger partial charge in [0.1, 0.15) is 0 Å². The van der Waals surface area contributed by atoms with Gasteiger partial charge in [0.2, 0.25) is 5.91 Å². The number of nitrogens with zero attached hydrogens (tertiary/aromatic N) is 2. The summed E-state index contributed by atoms with van der Waals surface area (Å²) in [5.74, 6) is 0.132. The lowest BCUT2D eigenvalue weighted by molar-refractivity contribution is -0.133. The first-order chi connectivity index (χ1) is 8.34. The molecule has 1 N–H and O–H groups in total. The van der Waals surface area contributed by atoms with Crippen molar-refractivity contribution >= 4 is 5.91 Å². The fourth-order valence-corrected chi connectivity index (χ4v) is 1.95. The minimum atomic E-state index is -0.397. The summed E-state index contributed by atoms with van der Waals surface area (Å²) in [4.78, 5) is 16.7. The highest BCUT2D eigenvalue weighted by Crippen LogP contribution is 2.17. The van der Waals surface area contributed by atoms with Gasteiger partial charge in [0, 0.05) is 32.2 Å². The van der Waals surface area contributed by atoms with E-state index < -0.39 is 5.54 Å². The second-order valence-corrected chi connectivity index (χ2v) is 5.48. The second kappa shape index (κ2) is 7.74. The number of likely N-dealkylation sites (N-methyl/N-ethyl adjacent to an activating group) is 1. The van der Waals surface area contributed by atoms with E-state index in [-0.39, 0.29) is 11.9 Å². The van der Waals surface area contributed by atoms with E-state index in [1.165, 1.54) is 0 Å². The van der Waals surface area contributed by atoms with Crippen LogP contribution < -0.4 is 5.32 Å². The molecule has 1 heterocycles. The molecule has 108 valence electrons. The molecule has 4 heteroatoms. The van der Waals surface area contributed by atoms with Crippen LogP contribution in [0.25, 0.3) is 0 Å². The number of carbonyl (C=O) groups is 1. The first-order valence-corrected chi connectivity index (χ1v) is 7.08. The van der Waals surface area contributed by atoms with Crippen molar-refractivity contribution < 1.29 is 4.79 Å². The standard InChI is InChI=1S/C12H25N3O.C2H6/c1-10(2)13-11(16)12(3,4)15-8-6-14(5)7-9-15;1-2/h10H,6-9H2,1-5H3,(H,13,16);1-2H3. The van der Waals surface area contributed by atoms with Gasteiger partial charge in [-0.25, -0.2) is 0 Å². The number of nitrogens with one attached hydrogen (secondary N) is 1. The molecule has 1 amide bonds. The Hall–Kier alpha value is -0.610. The van der Waals surface area contributed by atoms with Gasteiger partial charge in [-0.15, -0.1) is 0 Å². The Bertz CT molecular complexity index is 243. The Balaban J connectivity index is 0.00000137. The van der Waals surface area contributed by atoms with Crippen molar-refractivity contribution in [1.82, 2.24) is 15.1 Å². The van der Waals surface area contributed by atoms with E-state index in [1.54, 1.807) is 0 Å². The van der Waals surface area contributed by atoms with Crippen LogP contribution in [0, 0.1) is 0 Å². The van der Waals surface area contributed by atoms with Crippen molar-refractivity contribution in [3.05, 3.63) is 0 Å². The average Bonchev–Trinajstić information content (AvgIpc) is 2.31. The monoisotopic (exact) mass is 257 g/mol. The van der Waals surface area contributed by atoms with Crippen LogP contribution in [0.4, 0.5) is 0 Å². The Kier molecular flexibility index (Phi) is 7.48. The normalized spacial score (nSPS) is 18.2. The third kappa shape index (κ3) is 4.94. The lowest BCUT2D eigenvalue weighted by Gasteiger charge is -2.42. The number of amides is 1. The molecule has 0 radical (unpaired) electrons. The van der Waals surface area contributed by atoms with E-state index in [2.05, 4.69) is 22.2 Å². The van der Waals surface area contributed by atoms with E-state index in [0.717, 1.165) is 26.2 Å². The Morgan fingerprint density at radius 1 is 1.11 bits per heavy atom. The van der Waals surface area contributed by atoms with E-state index in [1.807, 2.05) is 41.5 Å². The van der Waals surface area contributed by atoms with Crippen molar-refractivity contribution in [3.8, 4) is 0 Å². The molecule has 1 aliphatic rings. The van der Waals surface area contributed by atoms with Crippen LogP contribution in [0.5, 0.6) is 0 Å². The summed E-state index contributed by atoms with van der Waals surface area (Å²) in [5, 5.41) is 3.00. The highest BCUT2D eigenvalue weighted by atomic mass is 16.2. The van der Waals surface area contributed by atoms with Gasteiger partial charge in [-0.05, 0) is 34.7 Å². The molecule has 1 rings (SSSR count). The predicted molar refractivity (Wildman–Crippen MR) is 77.8 cm³/mol. The van der Waals surface area contributed by atoms with Crippen LogP contribution in [0.3, 0.4) is 0 Å². The Morgan fingerprint density at radius 2 is 1.56 bits per heavy atom. The van der Waals surface area contributed by atoms with Crippen LogP contribution in [0.15, 0.2) is 0 Å². The molecule has 0 aromatic heterocycles. The molecule has 0 aromatic carbocycles. The quantitative estimate of drug-likeness (QED) is 0.833. The summed E-state index contributed by atoms with van der Waals surface area (Å²) < 4.78 is 0. The third-order valence-electron chi connectivity index (χ3n) is 3.27. The molecular formula is C14H31N3O. The number of hydrogen-bond donors (Lipinski definition) is 1. The summed E-state index contributed by atoms with van der Waals surface area (Å²) in [6, 6.07) is 0.208. The number of piperazine rings is 1. The van der Waals surface area contributed by atoms with Gasteiger partial charge in [-0.3, -0.25) is 9.69 Å². The van der Waals surface area contributed by atoms with E-state index in [9.17, 15) is 4.79 Å². The SMILES string of the molecule is CC.CC(C)NC(=O)C(C)(C)N1CCN(C)CC1. The molecule has 4 nitrogen and oxygen atoms in total. The van der Waals surface area contributed by atoms with Gasteiger partial charge in [-0.1, -0.05) is 13.8 Å². The van der Waals surface area contributed by atoms with Crippen LogP contribution in [0.2, 0.25) is 0 Å². The van der Waals surface area contributed by atoms with Crippen molar-refractivity contribution in [1.29, 1.82) is 0 Å². The zero-order chi connectivity index (χ0) is 14.3. The summed E-state index contributed by atoms with van der Waals surface area (Å²) in [5.41, 5.74) is -0.397. The summed E-state index contributed by atoms with van der Waals surface area (Å²) in [6.45, 7) is 16.0. The van der Waals surface area contributed by atoms with Gasteiger partial charge in [0.05, 0.1) is 5.54 Å². The van der Waals surface area contributed by atoms with E-state index in [0.29, 0.717) is 0 Å². The van der Waals surface area contributed by atoms with Gasteiger partial charge < -0.3 is 10.2 Å². The van der Waals surface area contributed by atoms with Crippen LogP contribution in [0.1, 0.15) is 41.5 Å². The summed E-state index contributed by atoms with van der Waals surface area (Å²) in [7, 11) is 2.12. The molecule has 0 aliphatic carbocycles. The Labute approximate surface area is 113 Å².